The van der Waals surface area contributed by atoms with Crippen LogP contribution in [0.15, 0.2) is 29.9 Å². The van der Waals surface area contributed by atoms with Crippen LogP contribution in [0.25, 0.3) is 10.8 Å². The Balaban J connectivity index is 1.57. The van der Waals surface area contributed by atoms with Crippen LogP contribution >= 0.6 is 11.3 Å². The highest BCUT2D eigenvalue weighted by Gasteiger charge is 2.28. The molecule has 10 heteroatoms. The molecule has 3 heterocycles. The lowest BCUT2D eigenvalue weighted by molar-refractivity contribution is -0.385. The minimum absolute atomic E-state index is 0.117. The second-order valence-corrected chi connectivity index (χ2v) is 6.38. The van der Waals surface area contributed by atoms with E-state index >= 15 is 0 Å². The molecule has 0 radical (unpaired) electrons. The number of amides is 1. The van der Waals surface area contributed by atoms with Gasteiger partial charge in [0.25, 0.3) is 11.6 Å². The summed E-state index contributed by atoms with van der Waals surface area (Å²) in [5, 5.41) is 19.9. The average Bonchev–Trinajstić information content (AvgIpc) is 3.31. The molecular formula is C15H12N6O3S. The second-order valence-electron chi connectivity index (χ2n) is 5.52. The van der Waals surface area contributed by atoms with E-state index in [-0.39, 0.29) is 16.5 Å². The number of nitrogens with zero attached hydrogens (tertiary/aromatic N) is 5. The molecule has 1 N–H and O–H groups in total. The number of rotatable bonds is 3. The van der Waals surface area contributed by atoms with Crippen LogP contribution in [0.2, 0.25) is 0 Å². The molecule has 0 bridgehead atoms. The monoisotopic (exact) mass is 356 g/mol. The first-order chi connectivity index (χ1) is 12.1. The van der Waals surface area contributed by atoms with Crippen molar-refractivity contribution in [3.8, 4) is 10.8 Å². The topological polar surface area (TPSA) is 118 Å². The SMILES string of the molecule is O=C(c1csc(-c2ncn[nH]2)n1)N1CCc2c(cccc2[N+](=O)[O-])C1. The Morgan fingerprint density at radius 2 is 2.28 bits per heavy atom. The first-order valence-electron chi connectivity index (χ1n) is 7.49. The van der Waals surface area contributed by atoms with Gasteiger partial charge in [-0.3, -0.25) is 20.0 Å². The molecule has 25 heavy (non-hydrogen) atoms. The molecule has 0 saturated heterocycles. The lowest BCUT2D eigenvalue weighted by atomic mass is 9.98. The number of aromatic amines is 1. The van der Waals surface area contributed by atoms with Gasteiger partial charge in [-0.05, 0) is 12.0 Å². The fourth-order valence-electron chi connectivity index (χ4n) is 2.88. The number of aromatic nitrogens is 4. The lowest BCUT2D eigenvalue weighted by Crippen LogP contribution is -2.36. The molecule has 3 aromatic rings. The van der Waals surface area contributed by atoms with Gasteiger partial charge in [0.15, 0.2) is 10.8 Å². The van der Waals surface area contributed by atoms with Gasteiger partial charge in [0.1, 0.15) is 12.0 Å². The summed E-state index contributed by atoms with van der Waals surface area (Å²) in [4.78, 5) is 33.4. The Kier molecular flexibility index (Phi) is 3.73. The molecule has 0 atom stereocenters. The highest BCUT2D eigenvalue weighted by Crippen LogP contribution is 2.29. The molecule has 4 rings (SSSR count). The van der Waals surface area contributed by atoms with Gasteiger partial charge < -0.3 is 4.90 Å². The van der Waals surface area contributed by atoms with Crippen molar-refractivity contribution in [3.05, 3.63) is 56.8 Å². The molecule has 0 spiro atoms. The largest absolute Gasteiger partial charge is 0.333 e. The van der Waals surface area contributed by atoms with E-state index in [0.29, 0.717) is 41.6 Å². The van der Waals surface area contributed by atoms with Crippen molar-refractivity contribution in [1.82, 2.24) is 25.1 Å². The summed E-state index contributed by atoms with van der Waals surface area (Å²) in [6.07, 6.45) is 1.84. The number of hydrogen-bond donors (Lipinski definition) is 1. The van der Waals surface area contributed by atoms with Gasteiger partial charge in [-0.15, -0.1) is 11.3 Å². The van der Waals surface area contributed by atoms with Crippen molar-refractivity contribution < 1.29 is 9.72 Å². The van der Waals surface area contributed by atoms with E-state index in [9.17, 15) is 14.9 Å². The predicted molar refractivity (Wildman–Crippen MR) is 89.0 cm³/mol. The van der Waals surface area contributed by atoms with Gasteiger partial charge in [-0.25, -0.2) is 9.97 Å². The molecular weight excluding hydrogens is 344 g/mol. The molecule has 0 saturated carbocycles. The molecule has 126 valence electrons. The number of nitro benzene ring substituents is 1. The number of carbonyl (C=O) groups is 1. The third-order valence-electron chi connectivity index (χ3n) is 4.07. The quantitative estimate of drug-likeness (QED) is 0.567. The van der Waals surface area contributed by atoms with Gasteiger partial charge in [0.2, 0.25) is 0 Å². The van der Waals surface area contributed by atoms with Crippen molar-refractivity contribution >= 4 is 22.9 Å². The molecule has 9 nitrogen and oxygen atoms in total. The number of nitro groups is 1. The lowest BCUT2D eigenvalue weighted by Gasteiger charge is -2.28. The van der Waals surface area contributed by atoms with Gasteiger partial charge in [0.05, 0.1) is 4.92 Å². The molecule has 2 aromatic heterocycles. The fraction of sp³-hybridized carbons (Fsp3) is 0.200. The summed E-state index contributed by atoms with van der Waals surface area (Å²) in [6.45, 7) is 0.761. The zero-order valence-corrected chi connectivity index (χ0v) is 13.7. The van der Waals surface area contributed by atoms with Crippen molar-refractivity contribution in [1.29, 1.82) is 0 Å². The van der Waals surface area contributed by atoms with Crippen molar-refractivity contribution in [3.63, 3.8) is 0 Å². The average molecular weight is 356 g/mol. The van der Waals surface area contributed by atoms with E-state index in [1.807, 2.05) is 6.07 Å². The maximum absolute atomic E-state index is 12.7. The standard InChI is InChI=1S/C15H12N6O3S/c22-15(11-7-25-14(18-11)13-16-8-17-19-13)20-5-4-10-9(6-20)2-1-3-12(10)21(23)24/h1-3,7-8H,4-6H2,(H,16,17,19). The highest BCUT2D eigenvalue weighted by atomic mass is 32.1. The van der Waals surface area contributed by atoms with E-state index < -0.39 is 0 Å². The summed E-state index contributed by atoms with van der Waals surface area (Å²) >= 11 is 1.31. The molecule has 0 fully saturated rings. The normalized spacial score (nSPS) is 13.5. The number of carbonyl (C=O) groups excluding carboxylic acids is 1. The van der Waals surface area contributed by atoms with Gasteiger partial charge >= 0.3 is 0 Å². The molecule has 1 aliphatic heterocycles. The number of benzene rings is 1. The van der Waals surface area contributed by atoms with E-state index in [1.54, 1.807) is 16.3 Å². The Labute approximate surface area is 145 Å². The van der Waals surface area contributed by atoms with Crippen LogP contribution in [0.4, 0.5) is 5.69 Å². The van der Waals surface area contributed by atoms with Crippen molar-refractivity contribution in [2.75, 3.05) is 6.54 Å². The van der Waals surface area contributed by atoms with Crippen LogP contribution in [-0.2, 0) is 13.0 Å². The van der Waals surface area contributed by atoms with Crippen LogP contribution in [0.3, 0.4) is 0 Å². The summed E-state index contributed by atoms with van der Waals surface area (Å²) in [7, 11) is 0. The van der Waals surface area contributed by atoms with Crippen LogP contribution < -0.4 is 0 Å². The zero-order valence-electron chi connectivity index (χ0n) is 12.9. The molecule has 1 amide bonds. The predicted octanol–water partition coefficient (Wildman–Crippen LogP) is 2.03. The third kappa shape index (κ3) is 2.76. The van der Waals surface area contributed by atoms with Crippen LogP contribution in [0, 0.1) is 10.1 Å². The number of fused-ring (bicyclic) bond motifs is 1. The van der Waals surface area contributed by atoms with E-state index in [1.165, 1.54) is 23.7 Å². The Morgan fingerprint density at radius 1 is 1.40 bits per heavy atom. The summed E-state index contributed by atoms with van der Waals surface area (Å²) in [6, 6.07) is 4.97. The van der Waals surface area contributed by atoms with Crippen molar-refractivity contribution in [2.45, 2.75) is 13.0 Å². The van der Waals surface area contributed by atoms with E-state index in [0.717, 1.165) is 5.56 Å². The van der Waals surface area contributed by atoms with Gasteiger partial charge in [0, 0.05) is 30.1 Å². The van der Waals surface area contributed by atoms with Gasteiger partial charge in [-0.2, -0.15) is 5.10 Å². The van der Waals surface area contributed by atoms with E-state index in [4.69, 9.17) is 0 Å². The smallest absolute Gasteiger partial charge is 0.273 e. The van der Waals surface area contributed by atoms with Crippen LogP contribution in [0.1, 0.15) is 21.6 Å². The first kappa shape index (κ1) is 15.4. The highest BCUT2D eigenvalue weighted by molar-refractivity contribution is 7.13. The summed E-state index contributed by atoms with van der Waals surface area (Å²) < 4.78 is 0. The maximum atomic E-state index is 12.7. The summed E-state index contributed by atoms with van der Waals surface area (Å²) in [5.74, 6) is 0.322. The Morgan fingerprint density at radius 3 is 3.04 bits per heavy atom. The maximum Gasteiger partial charge on any atom is 0.273 e. The third-order valence-corrected chi connectivity index (χ3v) is 4.92. The minimum atomic E-state index is -0.375. The minimum Gasteiger partial charge on any atom is -0.333 e. The van der Waals surface area contributed by atoms with E-state index in [2.05, 4.69) is 20.2 Å². The van der Waals surface area contributed by atoms with Crippen LogP contribution in [0.5, 0.6) is 0 Å². The first-order valence-corrected chi connectivity index (χ1v) is 8.37. The van der Waals surface area contributed by atoms with Crippen molar-refractivity contribution in [2.24, 2.45) is 0 Å². The molecule has 0 aliphatic carbocycles. The molecule has 0 unspecified atom stereocenters. The fourth-order valence-corrected chi connectivity index (χ4v) is 3.62. The Bertz CT molecular complexity index is 952. The molecule has 1 aliphatic rings. The second kappa shape index (κ2) is 6.06. The van der Waals surface area contributed by atoms with Gasteiger partial charge in [-0.1, -0.05) is 12.1 Å². The Hall–Kier alpha value is -3.14. The molecule has 1 aromatic carbocycles. The number of hydrogen-bond acceptors (Lipinski definition) is 7. The van der Waals surface area contributed by atoms with Crippen LogP contribution in [-0.4, -0.2) is 42.4 Å². The zero-order chi connectivity index (χ0) is 17.4. The number of H-pyrrole nitrogens is 1. The number of nitrogens with one attached hydrogen (secondary N) is 1. The summed E-state index contributed by atoms with van der Waals surface area (Å²) in [5.41, 5.74) is 1.97. The number of thiazole rings is 1.